The van der Waals surface area contributed by atoms with E-state index in [-0.39, 0.29) is 12.1 Å². The highest BCUT2D eigenvalue weighted by Crippen LogP contribution is 2.39. The third-order valence-electron chi connectivity index (χ3n) is 5.11. The van der Waals surface area contributed by atoms with Crippen molar-refractivity contribution in [2.75, 3.05) is 20.3 Å². The number of rotatable bonds is 7. The van der Waals surface area contributed by atoms with Crippen molar-refractivity contribution in [2.24, 2.45) is 0 Å². The van der Waals surface area contributed by atoms with E-state index in [1.807, 2.05) is 42.6 Å². The molecule has 1 saturated heterocycles. The predicted octanol–water partition coefficient (Wildman–Crippen LogP) is 4.53. The van der Waals surface area contributed by atoms with Gasteiger partial charge in [-0.3, -0.25) is 4.98 Å². The zero-order valence-electron chi connectivity index (χ0n) is 16.2. The molecule has 1 fully saturated rings. The number of halogens is 1. The molecule has 0 spiro atoms. The molecule has 5 nitrogen and oxygen atoms in total. The summed E-state index contributed by atoms with van der Waals surface area (Å²) >= 11 is 12.0. The number of pyridine rings is 1. The van der Waals surface area contributed by atoms with Crippen LogP contribution in [0.3, 0.4) is 0 Å². The van der Waals surface area contributed by atoms with Crippen molar-refractivity contribution in [2.45, 2.75) is 18.5 Å². The van der Waals surface area contributed by atoms with Crippen molar-refractivity contribution in [1.82, 2.24) is 19.8 Å². The lowest BCUT2D eigenvalue weighted by atomic mass is 10.0. The Hall–Kier alpha value is -2.41. The smallest absolute Gasteiger partial charge is 0.170 e. The van der Waals surface area contributed by atoms with Crippen molar-refractivity contribution in [1.29, 1.82) is 0 Å². The molecule has 0 amide bonds. The van der Waals surface area contributed by atoms with E-state index in [9.17, 15) is 0 Å². The van der Waals surface area contributed by atoms with Crippen molar-refractivity contribution in [3.8, 4) is 5.69 Å². The van der Waals surface area contributed by atoms with Crippen LogP contribution >= 0.6 is 23.8 Å². The number of hydrogen-bond acceptors (Lipinski definition) is 3. The Bertz CT molecular complexity index is 978. The summed E-state index contributed by atoms with van der Waals surface area (Å²) < 4.78 is 7.43. The second-order valence-corrected chi connectivity index (χ2v) is 7.77. The van der Waals surface area contributed by atoms with Crippen molar-refractivity contribution in [3.05, 3.63) is 83.4 Å². The summed E-state index contributed by atoms with van der Waals surface area (Å²) in [5, 5.41) is 4.94. The Morgan fingerprint density at radius 1 is 1.17 bits per heavy atom. The fraction of sp³-hybridized carbons (Fsp3) is 0.273. The third-order valence-corrected chi connectivity index (χ3v) is 5.70. The molecule has 29 heavy (non-hydrogen) atoms. The molecule has 0 radical (unpaired) electrons. The van der Waals surface area contributed by atoms with Crippen LogP contribution in [0.25, 0.3) is 5.69 Å². The predicted molar refractivity (Wildman–Crippen MR) is 119 cm³/mol. The fourth-order valence-electron chi connectivity index (χ4n) is 3.84. The summed E-state index contributed by atoms with van der Waals surface area (Å²) in [5.41, 5.74) is 3.12. The Labute approximate surface area is 181 Å². The minimum Gasteiger partial charge on any atom is -0.385 e. The molecule has 2 atom stereocenters. The van der Waals surface area contributed by atoms with Crippen LogP contribution in [0.2, 0.25) is 5.02 Å². The number of nitrogens with one attached hydrogen (secondary N) is 1. The highest BCUT2D eigenvalue weighted by Gasteiger charge is 2.40. The van der Waals surface area contributed by atoms with Crippen LogP contribution in [-0.4, -0.2) is 39.8 Å². The molecular weight excluding hydrogens is 404 g/mol. The average Bonchev–Trinajstić information content (AvgIpc) is 3.33. The lowest BCUT2D eigenvalue weighted by molar-refractivity contribution is 0.180. The molecule has 0 unspecified atom stereocenters. The molecule has 1 aliphatic heterocycles. The Balaban J connectivity index is 1.76. The van der Waals surface area contributed by atoms with Gasteiger partial charge < -0.3 is 19.5 Å². The van der Waals surface area contributed by atoms with E-state index in [1.54, 1.807) is 7.11 Å². The number of hydrogen-bond donors (Lipinski definition) is 1. The molecule has 150 valence electrons. The van der Waals surface area contributed by atoms with Gasteiger partial charge in [-0.2, -0.15) is 0 Å². The van der Waals surface area contributed by atoms with Crippen LogP contribution in [0.15, 0.2) is 67.0 Å². The lowest BCUT2D eigenvalue weighted by Crippen LogP contribution is -2.32. The molecule has 7 heteroatoms. The van der Waals surface area contributed by atoms with Gasteiger partial charge in [-0.15, -0.1) is 0 Å². The van der Waals surface area contributed by atoms with Crippen LogP contribution in [0.4, 0.5) is 0 Å². The van der Waals surface area contributed by atoms with Crippen LogP contribution in [0.1, 0.15) is 29.9 Å². The molecule has 0 bridgehead atoms. The highest BCUT2D eigenvalue weighted by molar-refractivity contribution is 7.80. The van der Waals surface area contributed by atoms with E-state index in [2.05, 4.69) is 44.2 Å². The molecule has 0 aliphatic carbocycles. The monoisotopic (exact) mass is 426 g/mol. The van der Waals surface area contributed by atoms with Gasteiger partial charge in [-0.05, 0) is 61.1 Å². The van der Waals surface area contributed by atoms with E-state index in [0.717, 1.165) is 35.2 Å². The first-order chi connectivity index (χ1) is 14.2. The molecular formula is C22H23ClN4OS. The van der Waals surface area contributed by atoms with Crippen molar-refractivity contribution in [3.63, 3.8) is 0 Å². The maximum atomic E-state index is 6.25. The summed E-state index contributed by atoms with van der Waals surface area (Å²) in [6.07, 6.45) is 4.77. The van der Waals surface area contributed by atoms with Crippen LogP contribution in [0, 0.1) is 0 Å². The number of aromatic nitrogens is 2. The van der Waals surface area contributed by atoms with Crippen LogP contribution in [0.5, 0.6) is 0 Å². The number of thiocarbonyl (C=S) groups is 1. The van der Waals surface area contributed by atoms with Gasteiger partial charge in [0.05, 0.1) is 17.8 Å². The zero-order valence-corrected chi connectivity index (χ0v) is 17.7. The van der Waals surface area contributed by atoms with Gasteiger partial charge in [0.2, 0.25) is 0 Å². The standard InChI is InChI=1S/C22H23ClN4OS/c1-28-14-6-13-27-21(20(25-22(27)29)18-9-2-3-11-24-18)19-10-5-12-26(19)17-8-4-7-16(23)15-17/h2-5,7-12,15,20-21H,6,13-14H2,1H3,(H,25,29)/t20-,21+/m1/s1. The maximum Gasteiger partial charge on any atom is 0.170 e. The van der Waals surface area contributed by atoms with Gasteiger partial charge in [0.1, 0.15) is 0 Å². The second-order valence-electron chi connectivity index (χ2n) is 6.95. The Kier molecular flexibility index (Phi) is 6.13. The molecule has 3 aromatic rings. The summed E-state index contributed by atoms with van der Waals surface area (Å²) in [4.78, 5) is 6.84. The van der Waals surface area contributed by atoms with Crippen molar-refractivity contribution < 1.29 is 4.74 Å². The SMILES string of the molecule is COCCCN1C(=S)N[C@H](c2ccccn2)[C@@H]1c1cccn1-c1cccc(Cl)c1. The first kappa shape index (κ1) is 19.9. The third kappa shape index (κ3) is 4.15. The lowest BCUT2D eigenvalue weighted by Gasteiger charge is -2.29. The Morgan fingerprint density at radius 3 is 2.83 bits per heavy atom. The second kappa shape index (κ2) is 8.95. The van der Waals surface area contributed by atoms with Gasteiger partial charge in [0.25, 0.3) is 0 Å². The number of ether oxygens (including phenoxy) is 1. The molecule has 1 aliphatic rings. The first-order valence-electron chi connectivity index (χ1n) is 9.59. The number of nitrogens with zero attached hydrogens (tertiary/aromatic N) is 3. The van der Waals surface area contributed by atoms with Gasteiger partial charge in [-0.25, -0.2) is 0 Å². The normalized spacial score (nSPS) is 18.8. The molecule has 4 rings (SSSR count). The highest BCUT2D eigenvalue weighted by atomic mass is 35.5. The summed E-state index contributed by atoms with van der Waals surface area (Å²) in [6.45, 7) is 1.49. The van der Waals surface area contributed by atoms with Gasteiger partial charge >= 0.3 is 0 Å². The van der Waals surface area contributed by atoms with Gasteiger partial charge in [-0.1, -0.05) is 23.7 Å². The molecule has 2 aromatic heterocycles. The largest absolute Gasteiger partial charge is 0.385 e. The molecule has 1 aromatic carbocycles. The van der Waals surface area contributed by atoms with E-state index >= 15 is 0 Å². The van der Waals surface area contributed by atoms with Gasteiger partial charge in [0, 0.05) is 49.1 Å². The summed E-state index contributed by atoms with van der Waals surface area (Å²) in [5.74, 6) is 0. The van der Waals surface area contributed by atoms with E-state index < -0.39 is 0 Å². The molecule has 0 saturated carbocycles. The zero-order chi connectivity index (χ0) is 20.2. The van der Waals surface area contributed by atoms with E-state index in [1.165, 1.54) is 0 Å². The van der Waals surface area contributed by atoms with E-state index in [4.69, 9.17) is 28.6 Å². The minimum atomic E-state index is -0.0425. The topological polar surface area (TPSA) is 42.3 Å². The first-order valence-corrected chi connectivity index (χ1v) is 10.4. The fourth-order valence-corrected chi connectivity index (χ4v) is 4.36. The number of methoxy groups -OCH3 is 1. The van der Waals surface area contributed by atoms with E-state index in [0.29, 0.717) is 11.6 Å². The van der Waals surface area contributed by atoms with Crippen molar-refractivity contribution >= 4 is 28.9 Å². The maximum absolute atomic E-state index is 6.25. The van der Waals surface area contributed by atoms with Gasteiger partial charge in [0.15, 0.2) is 5.11 Å². The quantitative estimate of drug-likeness (QED) is 0.444. The van der Waals surface area contributed by atoms with Crippen LogP contribution in [-0.2, 0) is 4.74 Å². The number of benzene rings is 1. The average molecular weight is 427 g/mol. The summed E-state index contributed by atoms with van der Waals surface area (Å²) in [6, 6.07) is 18.0. The Morgan fingerprint density at radius 2 is 2.07 bits per heavy atom. The molecule has 1 N–H and O–H groups in total. The molecule has 3 heterocycles. The minimum absolute atomic E-state index is 0.00300. The van der Waals surface area contributed by atoms with Crippen LogP contribution < -0.4 is 5.32 Å². The summed E-state index contributed by atoms with van der Waals surface area (Å²) in [7, 11) is 1.72.